The average molecular weight is 345 g/mol. The summed E-state index contributed by atoms with van der Waals surface area (Å²) in [5.41, 5.74) is 0. The summed E-state index contributed by atoms with van der Waals surface area (Å²) in [5.74, 6) is 0. The topological polar surface area (TPSA) is 46.2 Å². The Balaban J connectivity index is -0.000000218. The van der Waals surface area contributed by atoms with Gasteiger partial charge in [-0.05, 0) is 45.8 Å². The molecule has 0 atom stereocenters. The quantitative estimate of drug-likeness (QED) is 0.715. The lowest BCUT2D eigenvalue weighted by Gasteiger charge is -2.15. The van der Waals surface area contributed by atoms with E-state index in [1.165, 1.54) is 0 Å². The van der Waals surface area contributed by atoms with Gasteiger partial charge in [-0.1, -0.05) is 0 Å². The van der Waals surface area contributed by atoms with E-state index in [1.807, 2.05) is 26.2 Å². The lowest BCUT2D eigenvalue weighted by molar-refractivity contribution is 0.257. The summed E-state index contributed by atoms with van der Waals surface area (Å²) in [6.45, 7) is 14.5. The maximum absolute atomic E-state index is 5.08. The first-order chi connectivity index (χ1) is 8.80. The van der Waals surface area contributed by atoms with E-state index >= 15 is 0 Å². The first-order valence-corrected chi connectivity index (χ1v) is 15.6. The zero-order chi connectivity index (χ0) is 17.0. The van der Waals surface area contributed by atoms with Crippen LogP contribution in [0.1, 0.15) is 0 Å². The summed E-state index contributed by atoms with van der Waals surface area (Å²) in [5, 5.41) is 0. The predicted molar refractivity (Wildman–Crippen MR) is 93.4 cm³/mol. The summed E-state index contributed by atoms with van der Waals surface area (Å²) < 4.78 is 25.1. The molecular weight excluding hydrogens is 308 g/mol. The van der Waals surface area contributed by atoms with Crippen LogP contribution in [0.4, 0.5) is 0 Å². The molecule has 20 heavy (non-hydrogen) atoms. The Bertz CT molecular complexity index is 190. The highest BCUT2D eigenvalue weighted by Gasteiger charge is 2.19. The van der Waals surface area contributed by atoms with Crippen LogP contribution in [0.5, 0.6) is 0 Å². The van der Waals surface area contributed by atoms with Gasteiger partial charge in [-0.25, -0.2) is 0 Å². The van der Waals surface area contributed by atoms with Crippen LogP contribution in [0.15, 0.2) is 0 Å². The first kappa shape index (κ1) is 25.4. The summed E-state index contributed by atoms with van der Waals surface area (Å²) in [4.78, 5) is 0. The van der Waals surface area contributed by atoms with Crippen molar-refractivity contribution in [2.75, 3.05) is 35.5 Å². The normalized spacial score (nSPS) is 12.0. The fraction of sp³-hybridized carbons (Fsp3) is 1.00. The maximum atomic E-state index is 5.08. The maximum Gasteiger partial charge on any atom is 0.331 e. The van der Waals surface area contributed by atoms with Crippen LogP contribution in [0.2, 0.25) is 45.8 Å². The Hall–Kier alpha value is 0.451. The van der Waals surface area contributed by atoms with Crippen LogP contribution in [-0.4, -0.2) is 61.0 Å². The molecule has 0 spiro atoms. The van der Waals surface area contributed by atoms with Crippen LogP contribution in [0.3, 0.4) is 0 Å². The van der Waals surface area contributed by atoms with Gasteiger partial charge in [0.25, 0.3) is 0 Å². The minimum absolute atomic E-state index is 1.13. The zero-order valence-electron chi connectivity index (χ0n) is 15.5. The Kier molecular flexibility index (Phi) is 15.3. The van der Waals surface area contributed by atoms with E-state index in [-0.39, 0.29) is 0 Å². The lowest BCUT2D eigenvalue weighted by atomic mass is 11.8. The molecule has 0 aromatic carbocycles. The molecule has 0 saturated carbocycles. The molecule has 5 nitrogen and oxygen atoms in total. The molecular formula is C12H36O5Si3. The molecule has 0 N–H and O–H groups in total. The van der Waals surface area contributed by atoms with E-state index in [1.54, 1.807) is 35.5 Å². The van der Waals surface area contributed by atoms with E-state index in [4.69, 9.17) is 22.1 Å². The van der Waals surface area contributed by atoms with E-state index in [0.717, 1.165) is 0 Å². The highest BCUT2D eigenvalue weighted by atomic mass is 28.4. The van der Waals surface area contributed by atoms with Gasteiger partial charge in [0.15, 0.2) is 8.32 Å². The molecule has 0 aromatic heterocycles. The molecule has 0 bridgehead atoms. The highest BCUT2D eigenvalue weighted by Crippen LogP contribution is 2.00. The number of hydrogen-bond acceptors (Lipinski definition) is 5. The molecule has 0 fully saturated rings. The number of rotatable bonds is 5. The van der Waals surface area contributed by atoms with Crippen LogP contribution < -0.4 is 0 Å². The second-order valence-corrected chi connectivity index (χ2v) is 17.8. The largest absolute Gasteiger partial charge is 0.421 e. The standard InChI is InChI=1S/2C4H12O2Si.C4H12OSi/c2*1-5-7(3,4)6-2;1-5-6(2,3)4/h2*1-4H3;1-4H3. The molecule has 0 saturated heterocycles. The monoisotopic (exact) mass is 344 g/mol. The van der Waals surface area contributed by atoms with Gasteiger partial charge in [-0.2, -0.15) is 0 Å². The van der Waals surface area contributed by atoms with Gasteiger partial charge in [0, 0.05) is 35.5 Å². The Morgan fingerprint density at radius 1 is 0.400 bits per heavy atom. The molecule has 0 radical (unpaired) electrons. The summed E-state index contributed by atoms with van der Waals surface area (Å²) in [7, 11) is 4.04. The fourth-order valence-electron chi connectivity index (χ4n) is 0.167. The first-order valence-electron chi connectivity index (χ1n) is 6.56. The van der Waals surface area contributed by atoms with Gasteiger partial charge < -0.3 is 22.1 Å². The van der Waals surface area contributed by atoms with Crippen molar-refractivity contribution in [2.45, 2.75) is 45.8 Å². The van der Waals surface area contributed by atoms with E-state index in [0.29, 0.717) is 0 Å². The average Bonchev–Trinajstić information content (AvgIpc) is 2.39. The van der Waals surface area contributed by atoms with Crippen molar-refractivity contribution < 1.29 is 22.1 Å². The molecule has 0 rings (SSSR count). The predicted octanol–water partition coefficient (Wildman–Crippen LogP) is 3.43. The fourth-order valence-corrected chi connectivity index (χ4v) is 0.500. The van der Waals surface area contributed by atoms with E-state index in [9.17, 15) is 0 Å². The van der Waals surface area contributed by atoms with Crippen molar-refractivity contribution in [3.63, 3.8) is 0 Å². The third kappa shape index (κ3) is 23.5. The van der Waals surface area contributed by atoms with Crippen molar-refractivity contribution in [3.05, 3.63) is 0 Å². The summed E-state index contributed by atoms with van der Waals surface area (Å²) in [6.07, 6.45) is 0. The van der Waals surface area contributed by atoms with Crippen LogP contribution >= 0.6 is 0 Å². The van der Waals surface area contributed by atoms with Crippen molar-refractivity contribution >= 4 is 25.4 Å². The smallest absolute Gasteiger partial charge is 0.331 e. The van der Waals surface area contributed by atoms with Gasteiger partial charge in [0.05, 0.1) is 0 Å². The Morgan fingerprint density at radius 2 is 0.550 bits per heavy atom. The van der Waals surface area contributed by atoms with Gasteiger partial charge in [0.2, 0.25) is 0 Å². The molecule has 0 aromatic rings. The van der Waals surface area contributed by atoms with Gasteiger partial charge in [0.1, 0.15) is 0 Å². The van der Waals surface area contributed by atoms with Gasteiger partial charge >= 0.3 is 17.1 Å². The van der Waals surface area contributed by atoms with Crippen molar-refractivity contribution in [1.29, 1.82) is 0 Å². The lowest BCUT2D eigenvalue weighted by Crippen LogP contribution is -2.31. The minimum Gasteiger partial charge on any atom is -0.421 e. The highest BCUT2D eigenvalue weighted by molar-refractivity contribution is 6.69. The second kappa shape index (κ2) is 12.0. The SMILES string of the molecule is CO[Si](C)(C)C.CO[Si](C)(C)OC.CO[Si](C)(C)OC. The Labute approximate surface area is 129 Å². The van der Waals surface area contributed by atoms with Crippen molar-refractivity contribution in [3.8, 4) is 0 Å². The van der Waals surface area contributed by atoms with E-state index in [2.05, 4.69) is 19.6 Å². The molecule has 8 heteroatoms. The zero-order valence-corrected chi connectivity index (χ0v) is 18.5. The van der Waals surface area contributed by atoms with E-state index < -0.39 is 25.4 Å². The Morgan fingerprint density at radius 3 is 0.550 bits per heavy atom. The van der Waals surface area contributed by atoms with Gasteiger partial charge in [-0.15, -0.1) is 0 Å². The molecule has 0 aliphatic carbocycles. The molecule has 0 unspecified atom stereocenters. The molecule has 0 amide bonds. The minimum atomic E-state index is -1.65. The second-order valence-electron chi connectivity index (χ2n) is 5.93. The third-order valence-corrected chi connectivity index (χ3v) is 7.74. The number of hydrogen-bond donors (Lipinski definition) is 0. The van der Waals surface area contributed by atoms with Crippen molar-refractivity contribution in [1.82, 2.24) is 0 Å². The molecule has 0 aliphatic heterocycles. The van der Waals surface area contributed by atoms with Crippen LogP contribution in [0, 0.1) is 0 Å². The summed E-state index contributed by atoms with van der Waals surface area (Å²) >= 11 is 0. The molecule has 126 valence electrons. The van der Waals surface area contributed by atoms with Crippen LogP contribution in [0.25, 0.3) is 0 Å². The molecule has 0 heterocycles. The molecule has 0 aliphatic rings. The van der Waals surface area contributed by atoms with Gasteiger partial charge in [-0.3, -0.25) is 0 Å². The third-order valence-electron chi connectivity index (χ3n) is 2.58. The summed E-state index contributed by atoms with van der Waals surface area (Å²) in [6, 6.07) is 0. The van der Waals surface area contributed by atoms with Crippen molar-refractivity contribution in [2.24, 2.45) is 0 Å². The van der Waals surface area contributed by atoms with Crippen LogP contribution in [-0.2, 0) is 22.1 Å².